The van der Waals surface area contributed by atoms with Crippen molar-refractivity contribution in [2.24, 2.45) is 5.41 Å². The number of nitrogens with zero attached hydrogens (tertiary/aromatic N) is 3. The van der Waals surface area contributed by atoms with Crippen molar-refractivity contribution in [2.75, 3.05) is 18.0 Å². The van der Waals surface area contributed by atoms with Gasteiger partial charge in [0, 0.05) is 37.3 Å². The van der Waals surface area contributed by atoms with E-state index in [1.54, 1.807) is 6.07 Å². The van der Waals surface area contributed by atoms with E-state index >= 15 is 0 Å². The first-order valence-corrected chi connectivity index (χ1v) is 10.7. The van der Waals surface area contributed by atoms with Gasteiger partial charge in [0.1, 0.15) is 0 Å². The SMILES string of the molecule is O=C1NC(=O)[C@@]2(Cc3cc([N+](=O)[O-])ccc3N3CCC[C@H]32)C(=O)N1CCc1ccccc1. The first-order valence-electron chi connectivity index (χ1n) is 10.7. The fraction of sp³-hybridized carbons (Fsp3) is 0.348. The lowest BCUT2D eigenvalue weighted by molar-refractivity contribution is -0.384. The molecule has 0 saturated carbocycles. The summed E-state index contributed by atoms with van der Waals surface area (Å²) in [6.45, 7) is 0.800. The Balaban J connectivity index is 1.53. The van der Waals surface area contributed by atoms with E-state index in [2.05, 4.69) is 5.32 Å². The molecule has 2 saturated heterocycles. The van der Waals surface area contributed by atoms with Crippen LogP contribution in [0, 0.1) is 15.5 Å². The molecule has 1 spiro atoms. The smallest absolute Gasteiger partial charge is 0.330 e. The Bertz CT molecular complexity index is 1130. The molecule has 2 aromatic carbocycles. The number of hydrogen-bond acceptors (Lipinski definition) is 6. The number of non-ortho nitro benzene ring substituents is 1. The van der Waals surface area contributed by atoms with Gasteiger partial charge in [0.25, 0.3) is 5.69 Å². The molecule has 1 N–H and O–H groups in total. The fourth-order valence-electron chi connectivity index (χ4n) is 5.34. The number of hydrogen-bond donors (Lipinski definition) is 1. The topological polar surface area (TPSA) is 113 Å². The molecular weight excluding hydrogens is 412 g/mol. The molecule has 9 heteroatoms. The summed E-state index contributed by atoms with van der Waals surface area (Å²) in [5.74, 6) is -1.13. The second-order valence-electron chi connectivity index (χ2n) is 8.52. The molecule has 5 rings (SSSR count). The fourth-order valence-corrected chi connectivity index (χ4v) is 5.34. The largest absolute Gasteiger partial charge is 0.367 e. The predicted octanol–water partition coefficient (Wildman–Crippen LogP) is 2.43. The third-order valence-corrected chi connectivity index (χ3v) is 6.84. The van der Waals surface area contributed by atoms with Crippen molar-refractivity contribution in [1.29, 1.82) is 0 Å². The molecule has 2 aromatic rings. The van der Waals surface area contributed by atoms with Crippen molar-refractivity contribution in [3.8, 4) is 0 Å². The Morgan fingerprint density at radius 1 is 1.12 bits per heavy atom. The Kier molecular flexibility index (Phi) is 4.69. The molecule has 2 fully saturated rings. The van der Waals surface area contributed by atoms with E-state index < -0.39 is 34.2 Å². The average molecular weight is 434 g/mol. The molecule has 164 valence electrons. The molecule has 4 amide bonds. The van der Waals surface area contributed by atoms with Crippen molar-refractivity contribution in [3.05, 3.63) is 69.8 Å². The molecule has 0 bridgehead atoms. The number of imide groups is 2. The number of nitrogens with one attached hydrogen (secondary N) is 1. The minimum atomic E-state index is -1.48. The maximum absolute atomic E-state index is 13.8. The third-order valence-electron chi connectivity index (χ3n) is 6.84. The minimum Gasteiger partial charge on any atom is -0.367 e. The number of carbonyl (C=O) groups is 3. The van der Waals surface area contributed by atoms with Crippen molar-refractivity contribution < 1.29 is 19.3 Å². The lowest BCUT2D eigenvalue weighted by Crippen LogP contribution is -2.71. The Hall–Kier alpha value is -3.75. The first-order chi connectivity index (χ1) is 15.4. The summed E-state index contributed by atoms with van der Waals surface area (Å²) in [6, 6.07) is 13.0. The maximum atomic E-state index is 13.8. The number of barbiturate groups is 1. The summed E-state index contributed by atoms with van der Waals surface area (Å²) < 4.78 is 0. The number of benzene rings is 2. The van der Waals surface area contributed by atoms with Crippen LogP contribution < -0.4 is 10.2 Å². The number of nitro groups is 1. The van der Waals surface area contributed by atoms with Crippen molar-refractivity contribution in [1.82, 2.24) is 10.2 Å². The van der Waals surface area contributed by atoms with Gasteiger partial charge in [0.15, 0.2) is 5.41 Å². The number of anilines is 1. The molecule has 0 unspecified atom stereocenters. The summed E-state index contributed by atoms with van der Waals surface area (Å²) in [7, 11) is 0. The highest BCUT2D eigenvalue weighted by Gasteiger charge is 2.62. The summed E-state index contributed by atoms with van der Waals surface area (Å²) in [5, 5.41) is 13.7. The van der Waals surface area contributed by atoms with Crippen LogP contribution >= 0.6 is 0 Å². The zero-order chi connectivity index (χ0) is 22.5. The van der Waals surface area contributed by atoms with Crippen LogP contribution in [0.15, 0.2) is 48.5 Å². The Morgan fingerprint density at radius 2 is 1.91 bits per heavy atom. The molecule has 2 atom stereocenters. The van der Waals surface area contributed by atoms with Gasteiger partial charge in [0.2, 0.25) is 11.8 Å². The second-order valence-corrected chi connectivity index (χ2v) is 8.52. The zero-order valence-corrected chi connectivity index (χ0v) is 17.3. The highest BCUT2D eigenvalue weighted by Crippen LogP contribution is 2.48. The molecular formula is C23H22N4O5. The minimum absolute atomic E-state index is 0.0327. The van der Waals surface area contributed by atoms with E-state index in [0.29, 0.717) is 24.9 Å². The van der Waals surface area contributed by atoms with Gasteiger partial charge in [-0.15, -0.1) is 0 Å². The number of nitro benzene ring substituents is 1. The van der Waals surface area contributed by atoms with Gasteiger partial charge in [0.05, 0.1) is 11.0 Å². The average Bonchev–Trinajstić information content (AvgIpc) is 3.28. The van der Waals surface area contributed by atoms with E-state index in [9.17, 15) is 24.5 Å². The number of rotatable bonds is 4. The van der Waals surface area contributed by atoms with Crippen LogP contribution in [0.2, 0.25) is 0 Å². The second kappa shape index (κ2) is 7.44. The van der Waals surface area contributed by atoms with E-state index in [4.69, 9.17) is 0 Å². The third kappa shape index (κ3) is 2.96. The monoisotopic (exact) mass is 434 g/mol. The molecule has 9 nitrogen and oxygen atoms in total. The maximum Gasteiger partial charge on any atom is 0.330 e. The van der Waals surface area contributed by atoms with Gasteiger partial charge < -0.3 is 4.90 Å². The van der Waals surface area contributed by atoms with E-state index in [-0.39, 0.29) is 18.7 Å². The van der Waals surface area contributed by atoms with Crippen LogP contribution in [-0.2, 0) is 22.4 Å². The lowest BCUT2D eigenvalue weighted by Gasteiger charge is -2.49. The number of amides is 4. The van der Waals surface area contributed by atoms with Crippen LogP contribution in [0.5, 0.6) is 0 Å². The van der Waals surface area contributed by atoms with Gasteiger partial charge in [-0.05, 0) is 36.5 Å². The highest BCUT2D eigenvalue weighted by molar-refractivity contribution is 6.20. The molecule has 0 radical (unpaired) electrons. The molecule has 3 aliphatic rings. The normalized spacial score (nSPS) is 24.4. The van der Waals surface area contributed by atoms with Crippen LogP contribution in [-0.4, -0.2) is 46.8 Å². The van der Waals surface area contributed by atoms with Gasteiger partial charge in [-0.25, -0.2) is 4.79 Å². The van der Waals surface area contributed by atoms with Gasteiger partial charge in [-0.3, -0.25) is 29.9 Å². The van der Waals surface area contributed by atoms with Crippen molar-refractivity contribution >= 4 is 29.2 Å². The van der Waals surface area contributed by atoms with Gasteiger partial charge in [-0.2, -0.15) is 0 Å². The summed E-state index contributed by atoms with van der Waals surface area (Å²) in [4.78, 5) is 53.6. The van der Waals surface area contributed by atoms with Gasteiger partial charge in [-0.1, -0.05) is 30.3 Å². The molecule has 32 heavy (non-hydrogen) atoms. The highest BCUT2D eigenvalue weighted by atomic mass is 16.6. The van der Waals surface area contributed by atoms with Gasteiger partial charge >= 0.3 is 6.03 Å². The van der Waals surface area contributed by atoms with E-state index in [0.717, 1.165) is 22.6 Å². The number of carbonyl (C=O) groups excluding carboxylic acids is 3. The van der Waals surface area contributed by atoms with Crippen LogP contribution in [0.1, 0.15) is 24.0 Å². The van der Waals surface area contributed by atoms with Crippen LogP contribution in [0.25, 0.3) is 0 Å². The summed E-state index contributed by atoms with van der Waals surface area (Å²) in [6.07, 6.45) is 1.93. The van der Waals surface area contributed by atoms with E-state index in [1.165, 1.54) is 12.1 Å². The molecule has 0 aliphatic carbocycles. The predicted molar refractivity (Wildman–Crippen MR) is 115 cm³/mol. The molecule has 3 aliphatic heterocycles. The standard InChI is InChI=1S/C23H22N4O5/c28-20-23(21(29)26(22(30)24-20)12-10-15-5-2-1-3-6-15)14-16-13-17(27(31)32)8-9-18(16)25-11-4-7-19(23)25/h1-3,5-6,8-9,13,19H,4,7,10-12,14H2,(H,24,28,30)/t19-,23-/m0/s1. The summed E-state index contributed by atoms with van der Waals surface area (Å²) >= 11 is 0. The van der Waals surface area contributed by atoms with Crippen LogP contribution in [0.4, 0.5) is 16.2 Å². The molecule has 3 heterocycles. The Morgan fingerprint density at radius 3 is 2.66 bits per heavy atom. The molecule has 0 aromatic heterocycles. The zero-order valence-electron chi connectivity index (χ0n) is 17.3. The van der Waals surface area contributed by atoms with Crippen molar-refractivity contribution in [3.63, 3.8) is 0 Å². The number of fused-ring (bicyclic) bond motifs is 4. The van der Waals surface area contributed by atoms with Crippen LogP contribution in [0.3, 0.4) is 0 Å². The Labute approximate surface area is 184 Å². The first kappa shape index (κ1) is 20.2. The lowest BCUT2D eigenvalue weighted by atomic mass is 9.68. The summed E-state index contributed by atoms with van der Waals surface area (Å²) in [5.41, 5.74) is 0.808. The quantitative estimate of drug-likeness (QED) is 0.449. The van der Waals surface area contributed by atoms with E-state index in [1.807, 2.05) is 35.2 Å². The number of urea groups is 1. The van der Waals surface area contributed by atoms with Crippen molar-refractivity contribution in [2.45, 2.75) is 31.7 Å².